The molecule has 2 rings (SSSR count). The largest absolute Gasteiger partial charge is 0.299 e. The van der Waals surface area contributed by atoms with Crippen LogP contribution in [-0.2, 0) is 13.0 Å². The van der Waals surface area contributed by atoms with E-state index in [0.29, 0.717) is 6.54 Å². The molecule has 84 valence electrons. The highest BCUT2D eigenvalue weighted by atomic mass is 16.1. The molecule has 0 spiro atoms. The van der Waals surface area contributed by atoms with E-state index >= 15 is 0 Å². The highest BCUT2D eigenvalue weighted by Crippen LogP contribution is 2.05. The third kappa shape index (κ3) is 2.24. The zero-order valence-electron chi connectivity index (χ0n) is 9.66. The van der Waals surface area contributed by atoms with E-state index < -0.39 is 0 Å². The van der Waals surface area contributed by atoms with Gasteiger partial charge in [-0.25, -0.2) is 4.68 Å². The van der Waals surface area contributed by atoms with E-state index in [1.165, 1.54) is 5.56 Å². The van der Waals surface area contributed by atoms with Gasteiger partial charge in [-0.15, -0.1) is 0 Å². The van der Waals surface area contributed by atoms with Gasteiger partial charge >= 0.3 is 0 Å². The molecule has 0 bridgehead atoms. The van der Waals surface area contributed by atoms with Crippen LogP contribution < -0.4 is 5.56 Å². The van der Waals surface area contributed by atoms with Crippen molar-refractivity contribution < 1.29 is 0 Å². The van der Waals surface area contributed by atoms with Gasteiger partial charge in [-0.05, 0) is 18.9 Å². The number of nitrogens with zero attached hydrogens (tertiary/aromatic N) is 1. The lowest BCUT2D eigenvalue weighted by Crippen LogP contribution is -2.16. The number of benzene rings is 1. The van der Waals surface area contributed by atoms with E-state index in [-0.39, 0.29) is 5.56 Å². The molecule has 3 heteroatoms. The smallest absolute Gasteiger partial charge is 0.267 e. The molecule has 0 amide bonds. The van der Waals surface area contributed by atoms with Gasteiger partial charge in [-0.3, -0.25) is 9.89 Å². The van der Waals surface area contributed by atoms with E-state index in [4.69, 9.17) is 0 Å². The summed E-state index contributed by atoms with van der Waals surface area (Å²) in [6.45, 7) is 4.70. The summed E-state index contributed by atoms with van der Waals surface area (Å²) in [5.41, 5.74) is 3.38. The Kier molecular flexibility index (Phi) is 2.95. The maximum absolute atomic E-state index is 11.6. The fourth-order valence-corrected chi connectivity index (χ4v) is 1.78. The Morgan fingerprint density at radius 3 is 2.75 bits per heavy atom. The van der Waals surface area contributed by atoms with Gasteiger partial charge in [0.15, 0.2) is 0 Å². The standard InChI is InChI=1S/C13H16N2O/c1-3-12-8-13(16)15(14-12)9-11-6-4-5-10(2)7-11/h4-8,14H,3,9H2,1-2H3. The molecule has 0 atom stereocenters. The predicted octanol–water partition coefficient (Wildman–Crippen LogP) is 2.10. The average Bonchev–Trinajstić information content (AvgIpc) is 2.60. The number of aryl methyl sites for hydroxylation is 2. The van der Waals surface area contributed by atoms with Crippen molar-refractivity contribution in [1.82, 2.24) is 9.78 Å². The first-order valence-corrected chi connectivity index (χ1v) is 5.53. The van der Waals surface area contributed by atoms with Crippen LogP contribution in [0.25, 0.3) is 0 Å². The van der Waals surface area contributed by atoms with Crippen molar-refractivity contribution in [3.63, 3.8) is 0 Å². The molecular formula is C13H16N2O. The van der Waals surface area contributed by atoms with E-state index in [2.05, 4.69) is 24.2 Å². The lowest BCUT2D eigenvalue weighted by molar-refractivity contribution is 0.652. The number of H-pyrrole nitrogens is 1. The molecule has 1 N–H and O–H groups in total. The molecule has 0 fully saturated rings. The van der Waals surface area contributed by atoms with Gasteiger partial charge in [-0.2, -0.15) is 0 Å². The van der Waals surface area contributed by atoms with Crippen molar-refractivity contribution >= 4 is 0 Å². The lowest BCUT2D eigenvalue weighted by atomic mass is 10.1. The number of nitrogens with one attached hydrogen (secondary N) is 1. The zero-order chi connectivity index (χ0) is 11.5. The molecule has 0 aliphatic rings. The first kappa shape index (κ1) is 10.7. The molecule has 3 nitrogen and oxygen atoms in total. The summed E-state index contributed by atoms with van der Waals surface area (Å²) in [5, 5.41) is 3.10. The number of hydrogen-bond donors (Lipinski definition) is 1. The lowest BCUT2D eigenvalue weighted by Gasteiger charge is -2.03. The van der Waals surface area contributed by atoms with Gasteiger partial charge < -0.3 is 0 Å². The van der Waals surface area contributed by atoms with Crippen LogP contribution in [-0.4, -0.2) is 9.78 Å². The molecule has 1 aromatic heterocycles. The van der Waals surface area contributed by atoms with Gasteiger partial charge in [0.05, 0.1) is 6.54 Å². The van der Waals surface area contributed by atoms with E-state index in [0.717, 1.165) is 17.7 Å². The molecule has 0 saturated carbocycles. The SMILES string of the molecule is CCc1cc(=O)n(Cc2cccc(C)c2)[nH]1. The Labute approximate surface area is 94.7 Å². The summed E-state index contributed by atoms with van der Waals surface area (Å²) in [6.07, 6.45) is 0.857. The van der Waals surface area contributed by atoms with Crippen molar-refractivity contribution in [2.75, 3.05) is 0 Å². The van der Waals surface area contributed by atoms with Crippen LogP contribution in [0, 0.1) is 6.92 Å². The van der Waals surface area contributed by atoms with Crippen LogP contribution in [0.5, 0.6) is 0 Å². The Hall–Kier alpha value is -1.77. The molecule has 0 unspecified atom stereocenters. The molecular weight excluding hydrogens is 200 g/mol. The molecule has 16 heavy (non-hydrogen) atoms. The second-order valence-corrected chi connectivity index (χ2v) is 4.05. The number of hydrogen-bond acceptors (Lipinski definition) is 1. The highest BCUT2D eigenvalue weighted by molar-refractivity contribution is 5.22. The maximum Gasteiger partial charge on any atom is 0.267 e. The van der Waals surface area contributed by atoms with Crippen LogP contribution in [0.2, 0.25) is 0 Å². The van der Waals surface area contributed by atoms with Crippen molar-refractivity contribution in [3.05, 3.63) is 57.5 Å². The summed E-state index contributed by atoms with van der Waals surface area (Å²) >= 11 is 0. The third-order valence-electron chi connectivity index (χ3n) is 2.65. The number of rotatable bonds is 3. The second-order valence-electron chi connectivity index (χ2n) is 4.05. The molecule has 1 heterocycles. The second kappa shape index (κ2) is 4.39. The molecule has 0 aliphatic heterocycles. The zero-order valence-corrected chi connectivity index (χ0v) is 9.66. The van der Waals surface area contributed by atoms with E-state index in [9.17, 15) is 4.79 Å². The predicted molar refractivity (Wildman–Crippen MR) is 64.7 cm³/mol. The van der Waals surface area contributed by atoms with E-state index in [1.807, 2.05) is 19.1 Å². The quantitative estimate of drug-likeness (QED) is 0.838. The molecule has 0 radical (unpaired) electrons. The minimum atomic E-state index is 0.0401. The average molecular weight is 216 g/mol. The van der Waals surface area contributed by atoms with Crippen molar-refractivity contribution in [2.24, 2.45) is 0 Å². The summed E-state index contributed by atoms with van der Waals surface area (Å²) in [4.78, 5) is 11.6. The van der Waals surface area contributed by atoms with Crippen molar-refractivity contribution in [3.8, 4) is 0 Å². The Bertz CT molecular complexity index is 537. The normalized spacial score (nSPS) is 10.6. The van der Waals surface area contributed by atoms with Crippen LogP contribution in [0.1, 0.15) is 23.7 Å². The first-order chi connectivity index (χ1) is 7.69. The Morgan fingerprint density at radius 1 is 1.31 bits per heavy atom. The summed E-state index contributed by atoms with van der Waals surface area (Å²) < 4.78 is 1.65. The number of aromatic amines is 1. The van der Waals surface area contributed by atoms with Gasteiger partial charge in [0.1, 0.15) is 0 Å². The van der Waals surface area contributed by atoms with Gasteiger partial charge in [0, 0.05) is 11.8 Å². The fourth-order valence-electron chi connectivity index (χ4n) is 1.78. The van der Waals surface area contributed by atoms with Crippen LogP contribution >= 0.6 is 0 Å². The maximum atomic E-state index is 11.6. The van der Waals surface area contributed by atoms with Crippen LogP contribution in [0.15, 0.2) is 35.1 Å². The van der Waals surface area contributed by atoms with E-state index in [1.54, 1.807) is 10.7 Å². The highest BCUT2D eigenvalue weighted by Gasteiger charge is 2.02. The first-order valence-electron chi connectivity index (χ1n) is 5.53. The van der Waals surface area contributed by atoms with Crippen molar-refractivity contribution in [2.45, 2.75) is 26.8 Å². The monoisotopic (exact) mass is 216 g/mol. The Balaban J connectivity index is 2.26. The fraction of sp³-hybridized carbons (Fsp3) is 0.308. The van der Waals surface area contributed by atoms with Crippen LogP contribution in [0.3, 0.4) is 0 Å². The molecule has 1 aromatic carbocycles. The number of aromatic nitrogens is 2. The van der Waals surface area contributed by atoms with Gasteiger partial charge in [-0.1, -0.05) is 36.8 Å². The van der Waals surface area contributed by atoms with Crippen LogP contribution in [0.4, 0.5) is 0 Å². The van der Waals surface area contributed by atoms with Gasteiger partial charge in [0.25, 0.3) is 5.56 Å². The summed E-state index contributed by atoms with van der Waals surface area (Å²) in [7, 11) is 0. The topological polar surface area (TPSA) is 37.8 Å². The third-order valence-corrected chi connectivity index (χ3v) is 2.65. The molecule has 0 saturated heterocycles. The summed E-state index contributed by atoms with van der Waals surface area (Å²) in [5.74, 6) is 0. The minimum Gasteiger partial charge on any atom is -0.299 e. The molecule has 0 aliphatic carbocycles. The van der Waals surface area contributed by atoms with Gasteiger partial charge in [0.2, 0.25) is 0 Å². The van der Waals surface area contributed by atoms with Crippen molar-refractivity contribution in [1.29, 1.82) is 0 Å². The minimum absolute atomic E-state index is 0.0401. The Morgan fingerprint density at radius 2 is 2.12 bits per heavy atom. The molecule has 2 aromatic rings. The summed E-state index contributed by atoms with van der Waals surface area (Å²) in [6, 6.07) is 9.86.